The molecule has 0 saturated heterocycles. The Morgan fingerprint density at radius 2 is 1.80 bits per heavy atom. The lowest BCUT2D eigenvalue weighted by molar-refractivity contribution is -0.137. The van der Waals surface area contributed by atoms with Crippen LogP contribution in [0.2, 0.25) is 0 Å². The van der Waals surface area contributed by atoms with Crippen molar-refractivity contribution in [3.8, 4) is 0 Å². The van der Waals surface area contributed by atoms with Crippen LogP contribution >= 0.6 is 11.8 Å². The average Bonchev–Trinajstić information content (AvgIpc) is 2.38. The van der Waals surface area contributed by atoms with Crippen LogP contribution in [0.5, 0.6) is 0 Å². The molecule has 0 radical (unpaired) electrons. The van der Waals surface area contributed by atoms with E-state index in [1.165, 1.54) is 24.6 Å². The van der Waals surface area contributed by atoms with E-state index in [1.807, 2.05) is 25.8 Å². The molecule has 0 aromatic rings. The van der Waals surface area contributed by atoms with Gasteiger partial charge in [0.15, 0.2) is 0 Å². The van der Waals surface area contributed by atoms with Crippen LogP contribution in [0.1, 0.15) is 46.5 Å². The number of carboxylic acid groups (broad SMARTS) is 1. The van der Waals surface area contributed by atoms with Gasteiger partial charge in [-0.2, -0.15) is 0 Å². The lowest BCUT2D eigenvalue weighted by Gasteiger charge is -2.33. The number of thioether (sulfide) groups is 1. The zero-order valence-corrected chi connectivity index (χ0v) is 13.8. The quantitative estimate of drug-likeness (QED) is 0.819. The predicted octanol–water partition coefficient (Wildman–Crippen LogP) is 2.87. The van der Waals surface area contributed by atoms with Gasteiger partial charge in [-0.3, -0.25) is 9.59 Å². The number of rotatable bonds is 6. The largest absolute Gasteiger partial charge is 0.480 e. The summed E-state index contributed by atoms with van der Waals surface area (Å²) in [5, 5.41) is 8.63. The highest BCUT2D eigenvalue weighted by Crippen LogP contribution is 2.27. The van der Waals surface area contributed by atoms with E-state index in [0.29, 0.717) is 6.04 Å². The van der Waals surface area contributed by atoms with Crippen molar-refractivity contribution in [2.45, 2.75) is 57.7 Å². The summed E-state index contributed by atoms with van der Waals surface area (Å²) in [6.45, 7) is 6.01. The summed E-state index contributed by atoms with van der Waals surface area (Å²) in [6, 6.07) is 0.335. The van der Waals surface area contributed by atoms with E-state index in [1.54, 1.807) is 0 Å². The van der Waals surface area contributed by atoms with Crippen molar-refractivity contribution in [2.75, 3.05) is 12.8 Å². The van der Waals surface area contributed by atoms with Crippen molar-refractivity contribution in [2.24, 2.45) is 11.8 Å². The number of hydrogen-bond acceptors (Lipinski definition) is 3. The Morgan fingerprint density at radius 3 is 2.25 bits per heavy atom. The molecule has 4 nitrogen and oxygen atoms in total. The van der Waals surface area contributed by atoms with Crippen LogP contribution in [0, 0.1) is 11.8 Å². The van der Waals surface area contributed by atoms with Crippen LogP contribution in [0.25, 0.3) is 0 Å². The van der Waals surface area contributed by atoms with Crippen molar-refractivity contribution in [1.29, 1.82) is 0 Å². The van der Waals surface area contributed by atoms with Gasteiger partial charge in [0.05, 0.1) is 5.75 Å². The zero-order chi connectivity index (χ0) is 15.3. The van der Waals surface area contributed by atoms with Gasteiger partial charge in [0.2, 0.25) is 5.91 Å². The van der Waals surface area contributed by atoms with E-state index >= 15 is 0 Å². The number of amides is 1. The Balaban J connectivity index is 2.43. The fourth-order valence-electron chi connectivity index (χ4n) is 2.65. The summed E-state index contributed by atoms with van der Waals surface area (Å²) in [5.74, 6) is 0.290. The highest BCUT2D eigenvalue weighted by atomic mass is 32.2. The van der Waals surface area contributed by atoms with Crippen LogP contribution in [-0.4, -0.2) is 46.0 Å². The normalized spacial score (nSPS) is 24.4. The van der Waals surface area contributed by atoms with E-state index in [2.05, 4.69) is 6.92 Å². The minimum Gasteiger partial charge on any atom is -0.480 e. The van der Waals surface area contributed by atoms with Gasteiger partial charge in [-0.05, 0) is 37.5 Å². The first kappa shape index (κ1) is 17.3. The SMILES string of the molecule is CC1CCC(N(C)C(=O)CSC(C(=O)O)C(C)C)CC1. The lowest BCUT2D eigenvalue weighted by Crippen LogP contribution is -2.40. The minimum absolute atomic E-state index is 0.0335. The highest BCUT2D eigenvalue weighted by Gasteiger charge is 2.27. The van der Waals surface area contributed by atoms with Crippen molar-refractivity contribution in [1.82, 2.24) is 4.90 Å². The second-order valence-corrected chi connectivity index (χ2v) is 7.36. The van der Waals surface area contributed by atoms with Gasteiger partial charge in [0.25, 0.3) is 0 Å². The molecule has 1 amide bonds. The monoisotopic (exact) mass is 301 g/mol. The molecule has 0 heterocycles. The van der Waals surface area contributed by atoms with Gasteiger partial charge < -0.3 is 10.0 Å². The number of carbonyl (C=O) groups is 2. The molecule has 1 rings (SSSR count). The summed E-state index contributed by atoms with van der Waals surface area (Å²) in [7, 11) is 1.86. The number of nitrogens with zero attached hydrogens (tertiary/aromatic N) is 1. The Kier molecular flexibility index (Phi) is 6.86. The standard InChI is InChI=1S/C15H27NO3S/c1-10(2)14(15(18)19)20-9-13(17)16(4)12-7-5-11(3)6-8-12/h10-12,14H,5-9H2,1-4H3,(H,18,19). The summed E-state index contributed by atoms with van der Waals surface area (Å²) in [6.07, 6.45) is 4.50. The third-order valence-electron chi connectivity index (χ3n) is 4.16. The predicted molar refractivity (Wildman–Crippen MR) is 82.9 cm³/mol. The van der Waals surface area contributed by atoms with Gasteiger partial charge in [-0.15, -0.1) is 11.8 Å². The average molecular weight is 301 g/mol. The number of carbonyl (C=O) groups excluding carboxylic acids is 1. The summed E-state index contributed by atoms with van der Waals surface area (Å²) in [5.41, 5.74) is 0. The van der Waals surface area contributed by atoms with Gasteiger partial charge in [-0.25, -0.2) is 0 Å². The molecular weight excluding hydrogens is 274 g/mol. The molecule has 1 atom stereocenters. The second-order valence-electron chi connectivity index (χ2n) is 6.23. The molecule has 1 aliphatic rings. The molecule has 1 aliphatic carbocycles. The van der Waals surface area contributed by atoms with Crippen molar-refractivity contribution in [3.05, 3.63) is 0 Å². The maximum absolute atomic E-state index is 12.2. The fraction of sp³-hybridized carbons (Fsp3) is 0.867. The first-order valence-electron chi connectivity index (χ1n) is 7.43. The van der Waals surface area contributed by atoms with E-state index in [-0.39, 0.29) is 17.6 Å². The number of carboxylic acids is 1. The molecular formula is C15H27NO3S. The molecule has 0 spiro atoms. The molecule has 1 unspecified atom stereocenters. The van der Waals surface area contributed by atoms with Gasteiger partial charge in [0.1, 0.15) is 5.25 Å². The van der Waals surface area contributed by atoms with Gasteiger partial charge in [0, 0.05) is 13.1 Å². The first-order chi connectivity index (χ1) is 9.32. The maximum Gasteiger partial charge on any atom is 0.316 e. The van der Waals surface area contributed by atoms with Crippen LogP contribution < -0.4 is 0 Å². The summed E-state index contributed by atoms with van der Waals surface area (Å²) >= 11 is 1.25. The molecule has 116 valence electrons. The zero-order valence-electron chi connectivity index (χ0n) is 13.0. The third kappa shape index (κ3) is 5.00. The van der Waals surface area contributed by atoms with E-state index in [9.17, 15) is 9.59 Å². The van der Waals surface area contributed by atoms with Crippen molar-refractivity contribution in [3.63, 3.8) is 0 Å². The Morgan fingerprint density at radius 1 is 1.25 bits per heavy atom. The Labute approximate surface area is 126 Å². The fourth-order valence-corrected chi connectivity index (χ4v) is 3.70. The molecule has 20 heavy (non-hydrogen) atoms. The highest BCUT2D eigenvalue weighted by molar-refractivity contribution is 8.01. The molecule has 1 N–H and O–H groups in total. The second kappa shape index (κ2) is 7.91. The van der Waals surface area contributed by atoms with Gasteiger partial charge in [-0.1, -0.05) is 20.8 Å². The van der Waals surface area contributed by atoms with Crippen molar-refractivity contribution < 1.29 is 14.7 Å². The number of hydrogen-bond donors (Lipinski definition) is 1. The van der Waals surface area contributed by atoms with Crippen LogP contribution in [0.15, 0.2) is 0 Å². The summed E-state index contributed by atoms with van der Waals surface area (Å²) < 4.78 is 0. The molecule has 1 fully saturated rings. The van der Waals surface area contributed by atoms with Crippen LogP contribution in [0.4, 0.5) is 0 Å². The Bertz CT molecular complexity index is 338. The lowest BCUT2D eigenvalue weighted by atomic mass is 9.87. The van der Waals surface area contributed by atoms with E-state index < -0.39 is 11.2 Å². The number of aliphatic carboxylic acids is 1. The van der Waals surface area contributed by atoms with E-state index in [4.69, 9.17) is 5.11 Å². The van der Waals surface area contributed by atoms with E-state index in [0.717, 1.165) is 18.8 Å². The topological polar surface area (TPSA) is 57.6 Å². The van der Waals surface area contributed by atoms with Gasteiger partial charge >= 0.3 is 5.97 Å². The molecule has 0 aromatic heterocycles. The van der Waals surface area contributed by atoms with Crippen LogP contribution in [0.3, 0.4) is 0 Å². The molecule has 5 heteroatoms. The first-order valence-corrected chi connectivity index (χ1v) is 8.47. The Hall–Kier alpha value is -0.710. The summed E-state index contributed by atoms with van der Waals surface area (Å²) in [4.78, 5) is 25.1. The molecule has 0 aliphatic heterocycles. The molecule has 0 bridgehead atoms. The molecule has 0 aromatic carbocycles. The van der Waals surface area contributed by atoms with Crippen molar-refractivity contribution >= 4 is 23.6 Å². The smallest absolute Gasteiger partial charge is 0.316 e. The minimum atomic E-state index is -0.827. The maximum atomic E-state index is 12.2. The van der Waals surface area contributed by atoms with Crippen LogP contribution in [-0.2, 0) is 9.59 Å². The third-order valence-corrected chi connectivity index (χ3v) is 5.68. The molecule has 1 saturated carbocycles.